The van der Waals surface area contributed by atoms with Crippen LogP contribution in [0.25, 0.3) is 26.3 Å². The first-order valence-electron chi connectivity index (χ1n) is 9.44. The van der Waals surface area contributed by atoms with Gasteiger partial charge in [-0.2, -0.15) is 23.7 Å². The number of hydrogen-bond donors (Lipinski definition) is 0. The van der Waals surface area contributed by atoms with Crippen molar-refractivity contribution in [2.24, 2.45) is 0 Å². The minimum atomic E-state index is -4.71. The van der Waals surface area contributed by atoms with E-state index in [1.54, 1.807) is 30.3 Å². The molecule has 7 nitrogen and oxygen atoms in total. The largest absolute Gasteiger partial charge is 0.417 e. The lowest BCUT2D eigenvalue weighted by atomic mass is 10.1. The fourth-order valence-corrected chi connectivity index (χ4v) is 4.52. The molecule has 0 N–H and O–H groups in total. The highest BCUT2D eigenvalue weighted by Crippen LogP contribution is 2.34. The van der Waals surface area contributed by atoms with E-state index in [1.807, 2.05) is 6.07 Å². The topological polar surface area (TPSA) is 104 Å². The van der Waals surface area contributed by atoms with Crippen molar-refractivity contribution in [3.05, 3.63) is 80.8 Å². The fourth-order valence-electron chi connectivity index (χ4n) is 3.39. The zero-order valence-electron chi connectivity index (χ0n) is 16.6. The van der Waals surface area contributed by atoms with Crippen LogP contribution in [0.4, 0.5) is 13.2 Å². The molecule has 0 fully saturated rings. The third kappa shape index (κ3) is 3.90. The molecule has 0 aliphatic rings. The number of alkyl halides is 3. The number of thiophene rings is 1. The Morgan fingerprint density at radius 2 is 1.85 bits per heavy atom. The summed E-state index contributed by atoms with van der Waals surface area (Å²) in [6.07, 6.45) is -3.18. The zero-order valence-corrected chi connectivity index (χ0v) is 17.4. The van der Waals surface area contributed by atoms with Crippen LogP contribution in [0.15, 0.2) is 58.4 Å². The van der Waals surface area contributed by atoms with Crippen molar-refractivity contribution >= 4 is 21.6 Å². The van der Waals surface area contributed by atoms with Gasteiger partial charge in [0, 0.05) is 23.2 Å². The molecule has 0 bridgehead atoms. The van der Waals surface area contributed by atoms with Crippen LogP contribution in [-0.2, 0) is 12.7 Å². The predicted octanol–water partition coefficient (Wildman–Crippen LogP) is 4.08. The van der Waals surface area contributed by atoms with E-state index < -0.39 is 23.0 Å². The van der Waals surface area contributed by atoms with Crippen LogP contribution in [0, 0.1) is 22.7 Å². The van der Waals surface area contributed by atoms with Crippen LogP contribution in [-0.4, -0.2) is 14.1 Å². The standard InChI is InChI=1S/C22H12F3N5O2S/c23-22(24,25)14-8-15(12-28-11-14)30-20(31)19-17(29(21(30)32)7-3-6-26)9-18(33-19)16-5-2-1-4-13(16)10-27/h1-2,4-5,8-9,11-12H,3,7H2. The fraction of sp³-hybridized carbons (Fsp3) is 0.136. The van der Waals surface area contributed by atoms with Crippen LogP contribution < -0.4 is 11.2 Å². The van der Waals surface area contributed by atoms with E-state index in [4.69, 9.17) is 5.26 Å². The number of halogens is 3. The highest BCUT2D eigenvalue weighted by Gasteiger charge is 2.31. The average Bonchev–Trinajstić information content (AvgIpc) is 3.24. The van der Waals surface area contributed by atoms with E-state index in [1.165, 1.54) is 4.57 Å². The minimum absolute atomic E-state index is 0.0615. The van der Waals surface area contributed by atoms with Gasteiger partial charge in [-0.3, -0.25) is 14.3 Å². The average molecular weight is 467 g/mol. The maximum absolute atomic E-state index is 13.3. The van der Waals surface area contributed by atoms with Crippen molar-refractivity contribution in [1.82, 2.24) is 14.1 Å². The summed E-state index contributed by atoms with van der Waals surface area (Å²) in [6.45, 7) is -0.0748. The predicted molar refractivity (Wildman–Crippen MR) is 115 cm³/mol. The molecular formula is C22H12F3N5O2S. The minimum Gasteiger partial charge on any atom is -0.291 e. The van der Waals surface area contributed by atoms with Gasteiger partial charge in [-0.15, -0.1) is 11.3 Å². The zero-order chi connectivity index (χ0) is 23.8. The molecule has 0 unspecified atom stereocenters. The van der Waals surface area contributed by atoms with Gasteiger partial charge in [0.05, 0.1) is 47.1 Å². The lowest BCUT2D eigenvalue weighted by Crippen LogP contribution is -2.38. The van der Waals surface area contributed by atoms with E-state index in [2.05, 4.69) is 11.1 Å². The maximum atomic E-state index is 13.3. The van der Waals surface area contributed by atoms with Gasteiger partial charge in [0.1, 0.15) is 4.70 Å². The van der Waals surface area contributed by atoms with Crippen molar-refractivity contribution in [2.75, 3.05) is 0 Å². The highest BCUT2D eigenvalue weighted by atomic mass is 32.1. The first-order valence-corrected chi connectivity index (χ1v) is 10.3. The first kappa shape index (κ1) is 22.0. The summed E-state index contributed by atoms with van der Waals surface area (Å²) in [4.78, 5) is 30.5. The number of benzene rings is 1. The molecule has 0 saturated heterocycles. The maximum Gasteiger partial charge on any atom is 0.417 e. The van der Waals surface area contributed by atoms with Crippen molar-refractivity contribution in [3.63, 3.8) is 0 Å². The Hall–Kier alpha value is -4.22. The van der Waals surface area contributed by atoms with Gasteiger partial charge in [-0.05, 0) is 18.2 Å². The summed E-state index contributed by atoms with van der Waals surface area (Å²) in [5.74, 6) is 0. The van der Waals surface area contributed by atoms with Crippen LogP contribution in [0.2, 0.25) is 0 Å². The molecule has 0 aliphatic carbocycles. The Kier molecular flexibility index (Phi) is 5.58. The molecular weight excluding hydrogens is 455 g/mol. The summed E-state index contributed by atoms with van der Waals surface area (Å²) < 4.78 is 41.4. The van der Waals surface area contributed by atoms with Gasteiger partial charge in [-0.25, -0.2) is 9.36 Å². The Balaban J connectivity index is 2.04. The van der Waals surface area contributed by atoms with Crippen molar-refractivity contribution in [3.8, 4) is 28.3 Å². The first-order chi connectivity index (χ1) is 15.8. The normalized spacial score (nSPS) is 11.3. The molecule has 0 amide bonds. The van der Waals surface area contributed by atoms with Gasteiger partial charge < -0.3 is 0 Å². The van der Waals surface area contributed by atoms with Crippen LogP contribution in [0.1, 0.15) is 17.5 Å². The molecule has 0 saturated carbocycles. The summed E-state index contributed by atoms with van der Waals surface area (Å²) in [5.41, 5.74) is -1.99. The van der Waals surface area contributed by atoms with E-state index in [-0.39, 0.29) is 28.9 Å². The molecule has 0 spiro atoms. The number of aryl methyl sites for hydroxylation is 1. The van der Waals surface area contributed by atoms with E-state index in [0.717, 1.165) is 17.5 Å². The Labute approximate surface area is 187 Å². The quantitative estimate of drug-likeness (QED) is 0.450. The van der Waals surface area contributed by atoms with Crippen LogP contribution >= 0.6 is 11.3 Å². The molecule has 164 valence electrons. The Morgan fingerprint density at radius 3 is 2.55 bits per heavy atom. The van der Waals surface area contributed by atoms with Gasteiger partial charge in [0.2, 0.25) is 0 Å². The Morgan fingerprint density at radius 1 is 1.09 bits per heavy atom. The molecule has 0 radical (unpaired) electrons. The van der Waals surface area contributed by atoms with Crippen molar-refractivity contribution in [1.29, 1.82) is 10.5 Å². The molecule has 0 atom stereocenters. The molecule has 4 rings (SSSR count). The second kappa shape index (κ2) is 8.37. The van der Waals surface area contributed by atoms with Gasteiger partial charge in [0.15, 0.2) is 0 Å². The molecule has 0 aliphatic heterocycles. The Bertz CT molecular complexity index is 1590. The molecule has 33 heavy (non-hydrogen) atoms. The summed E-state index contributed by atoms with van der Waals surface area (Å²) in [5, 5.41) is 18.4. The number of pyridine rings is 1. The highest BCUT2D eigenvalue weighted by molar-refractivity contribution is 7.22. The van der Waals surface area contributed by atoms with E-state index in [9.17, 15) is 28.0 Å². The number of nitriles is 2. The lowest BCUT2D eigenvalue weighted by molar-refractivity contribution is -0.137. The van der Waals surface area contributed by atoms with Crippen molar-refractivity contribution in [2.45, 2.75) is 19.1 Å². The second-order valence-corrected chi connectivity index (χ2v) is 7.95. The number of nitrogens with zero attached hydrogens (tertiary/aromatic N) is 5. The van der Waals surface area contributed by atoms with Crippen molar-refractivity contribution < 1.29 is 13.2 Å². The third-order valence-electron chi connectivity index (χ3n) is 4.89. The van der Waals surface area contributed by atoms with Crippen LogP contribution in [0.5, 0.6) is 0 Å². The molecule has 3 heterocycles. The van der Waals surface area contributed by atoms with Gasteiger partial charge in [0.25, 0.3) is 5.56 Å². The summed E-state index contributed by atoms with van der Waals surface area (Å²) in [7, 11) is 0. The van der Waals surface area contributed by atoms with E-state index in [0.29, 0.717) is 32.8 Å². The molecule has 4 aromatic rings. The monoisotopic (exact) mass is 467 g/mol. The van der Waals surface area contributed by atoms with Gasteiger partial charge in [-0.1, -0.05) is 18.2 Å². The molecule has 1 aromatic carbocycles. The number of aromatic nitrogens is 3. The smallest absolute Gasteiger partial charge is 0.291 e. The number of hydrogen-bond acceptors (Lipinski definition) is 6. The third-order valence-corrected chi connectivity index (χ3v) is 6.04. The van der Waals surface area contributed by atoms with Crippen LogP contribution in [0.3, 0.4) is 0 Å². The molecule has 3 aromatic heterocycles. The molecule has 11 heteroatoms. The number of rotatable bonds is 4. The number of fused-ring (bicyclic) bond motifs is 1. The lowest BCUT2D eigenvalue weighted by Gasteiger charge is -2.12. The van der Waals surface area contributed by atoms with Gasteiger partial charge >= 0.3 is 11.9 Å². The van der Waals surface area contributed by atoms with E-state index >= 15 is 0 Å². The summed E-state index contributed by atoms with van der Waals surface area (Å²) in [6, 6.07) is 12.9. The second-order valence-electron chi connectivity index (χ2n) is 6.89. The SMILES string of the molecule is N#CCCn1c(=O)n(-c2cncc(C(F)(F)F)c2)c(=O)c2sc(-c3ccccc3C#N)cc21. The summed E-state index contributed by atoms with van der Waals surface area (Å²) >= 11 is 1.01.